The van der Waals surface area contributed by atoms with Crippen molar-refractivity contribution in [1.82, 2.24) is 14.9 Å². The molecule has 11 heteroatoms. The number of aromatic nitrogens is 2. The van der Waals surface area contributed by atoms with Gasteiger partial charge in [-0.25, -0.2) is 14.2 Å². The summed E-state index contributed by atoms with van der Waals surface area (Å²) in [4.78, 5) is 28.7. The van der Waals surface area contributed by atoms with Gasteiger partial charge in [0.2, 0.25) is 5.43 Å². The summed E-state index contributed by atoms with van der Waals surface area (Å²) in [5.74, 6) is -1.29. The number of benzene rings is 1. The van der Waals surface area contributed by atoms with Gasteiger partial charge in [0.25, 0.3) is 0 Å². The van der Waals surface area contributed by atoms with Crippen molar-refractivity contribution >= 4 is 28.7 Å². The van der Waals surface area contributed by atoms with E-state index >= 15 is 0 Å². The molecule has 1 N–H and O–H groups in total. The first-order valence-electron chi connectivity index (χ1n) is 8.63. The van der Waals surface area contributed by atoms with Gasteiger partial charge in [0, 0.05) is 0 Å². The Morgan fingerprint density at radius 2 is 1.97 bits per heavy atom. The van der Waals surface area contributed by atoms with Crippen molar-refractivity contribution in [3.63, 3.8) is 0 Å². The highest BCUT2D eigenvalue weighted by Crippen LogP contribution is 2.24. The molecule has 1 amide bonds. The molecule has 0 aliphatic rings. The maximum atomic E-state index is 14.3. The lowest BCUT2D eigenvalue weighted by Gasteiger charge is -2.20. The molecule has 2 heterocycles. The SMILES string of the molecule is CC[C@@H](NC(=O)Oc1cn(-c2ccccc2F)c2nc(Cl)ccc2c1=O)C(F)(F)F. The lowest BCUT2D eigenvalue weighted by atomic mass is 10.2. The van der Waals surface area contributed by atoms with Crippen LogP contribution >= 0.6 is 11.6 Å². The van der Waals surface area contributed by atoms with Gasteiger partial charge in [-0.2, -0.15) is 13.2 Å². The summed E-state index contributed by atoms with van der Waals surface area (Å²) in [6, 6.07) is 5.94. The smallest absolute Gasteiger partial charge is 0.405 e. The molecule has 0 bridgehead atoms. The standard InChI is InChI=1S/C19H14ClF4N3O3/c1-2-14(19(22,23)24)25-18(29)30-13-9-27(12-6-4-3-5-11(12)21)17-10(16(13)28)7-8-15(20)26-17/h3-9,14H,2H2,1H3,(H,25,29)/t14-/m1/s1. The lowest BCUT2D eigenvalue weighted by Crippen LogP contribution is -2.46. The third kappa shape index (κ3) is 4.38. The van der Waals surface area contributed by atoms with Crippen LogP contribution in [0.5, 0.6) is 5.75 Å². The largest absolute Gasteiger partial charge is 0.413 e. The van der Waals surface area contributed by atoms with Crippen LogP contribution in [0, 0.1) is 5.82 Å². The number of rotatable bonds is 4. The van der Waals surface area contributed by atoms with Crippen LogP contribution in [0.25, 0.3) is 16.7 Å². The third-order valence-corrected chi connectivity index (χ3v) is 4.40. The predicted molar refractivity (Wildman–Crippen MR) is 102 cm³/mol. The molecule has 3 rings (SSSR count). The molecule has 3 aromatic rings. The van der Waals surface area contributed by atoms with Crippen LogP contribution in [0.2, 0.25) is 5.15 Å². The Morgan fingerprint density at radius 3 is 2.60 bits per heavy atom. The lowest BCUT2D eigenvalue weighted by molar-refractivity contribution is -0.154. The third-order valence-electron chi connectivity index (χ3n) is 4.19. The second kappa shape index (κ2) is 8.31. The Hall–Kier alpha value is -3.14. The van der Waals surface area contributed by atoms with Gasteiger partial charge in [0.05, 0.1) is 17.3 Å². The summed E-state index contributed by atoms with van der Waals surface area (Å²) in [6.07, 6.45) is -5.62. The number of carbonyl (C=O) groups excluding carboxylic acids is 1. The summed E-state index contributed by atoms with van der Waals surface area (Å²) >= 11 is 5.89. The van der Waals surface area contributed by atoms with E-state index in [0.717, 1.165) is 16.8 Å². The van der Waals surface area contributed by atoms with Crippen molar-refractivity contribution in [2.75, 3.05) is 0 Å². The highest BCUT2D eigenvalue weighted by molar-refractivity contribution is 6.29. The number of nitrogens with zero attached hydrogens (tertiary/aromatic N) is 2. The van der Waals surface area contributed by atoms with Crippen molar-refractivity contribution in [3.8, 4) is 11.4 Å². The maximum Gasteiger partial charge on any atom is 0.413 e. The normalized spacial score (nSPS) is 12.6. The molecule has 0 aliphatic heterocycles. The van der Waals surface area contributed by atoms with Crippen LogP contribution in [-0.4, -0.2) is 27.9 Å². The number of amides is 1. The fraction of sp³-hybridized carbons (Fsp3) is 0.211. The van der Waals surface area contributed by atoms with Crippen molar-refractivity contribution in [3.05, 3.63) is 63.8 Å². The fourth-order valence-electron chi connectivity index (χ4n) is 2.75. The number of pyridine rings is 2. The number of para-hydroxylation sites is 1. The molecular weight excluding hydrogens is 430 g/mol. The second-order valence-electron chi connectivity index (χ2n) is 6.19. The van der Waals surface area contributed by atoms with E-state index in [1.54, 1.807) is 5.32 Å². The Morgan fingerprint density at radius 1 is 1.27 bits per heavy atom. The van der Waals surface area contributed by atoms with Crippen LogP contribution in [-0.2, 0) is 0 Å². The van der Waals surface area contributed by atoms with Crippen LogP contribution < -0.4 is 15.5 Å². The van der Waals surface area contributed by atoms with E-state index in [9.17, 15) is 27.2 Å². The quantitative estimate of drug-likeness (QED) is 0.472. The van der Waals surface area contributed by atoms with Crippen molar-refractivity contribution < 1.29 is 27.1 Å². The monoisotopic (exact) mass is 443 g/mol. The minimum Gasteiger partial charge on any atom is -0.405 e. The van der Waals surface area contributed by atoms with Crippen molar-refractivity contribution in [2.45, 2.75) is 25.6 Å². The molecule has 1 atom stereocenters. The number of ether oxygens (including phenoxy) is 1. The minimum atomic E-state index is -4.69. The molecule has 0 saturated heterocycles. The van der Waals surface area contributed by atoms with Gasteiger partial charge in [0.15, 0.2) is 5.75 Å². The summed E-state index contributed by atoms with van der Waals surface area (Å²) < 4.78 is 58.9. The molecule has 158 valence electrons. The number of alkyl halides is 3. The Balaban J connectivity index is 2.09. The molecule has 30 heavy (non-hydrogen) atoms. The number of hydrogen-bond donors (Lipinski definition) is 1. The molecule has 0 aliphatic carbocycles. The van der Waals surface area contributed by atoms with E-state index in [-0.39, 0.29) is 21.9 Å². The zero-order chi connectivity index (χ0) is 22.1. The van der Waals surface area contributed by atoms with Gasteiger partial charge < -0.3 is 10.1 Å². The summed E-state index contributed by atoms with van der Waals surface area (Å²) in [5.41, 5.74) is -0.881. The van der Waals surface area contributed by atoms with E-state index in [1.807, 2.05) is 0 Å². The molecule has 2 aromatic heterocycles. The molecule has 0 radical (unpaired) electrons. The zero-order valence-electron chi connectivity index (χ0n) is 15.3. The van der Waals surface area contributed by atoms with E-state index in [4.69, 9.17) is 16.3 Å². The average molecular weight is 444 g/mol. The average Bonchev–Trinajstić information content (AvgIpc) is 2.68. The first-order valence-corrected chi connectivity index (χ1v) is 9.01. The highest BCUT2D eigenvalue weighted by Gasteiger charge is 2.39. The van der Waals surface area contributed by atoms with E-state index in [2.05, 4.69) is 4.98 Å². The molecule has 0 fully saturated rings. The van der Waals surface area contributed by atoms with E-state index < -0.39 is 41.7 Å². The Kier molecular flexibility index (Phi) is 5.97. The number of hydrogen-bond acceptors (Lipinski definition) is 4. The summed E-state index contributed by atoms with van der Waals surface area (Å²) in [6.45, 7) is 1.23. The predicted octanol–water partition coefficient (Wildman–Crippen LogP) is 4.61. The number of carbonyl (C=O) groups is 1. The van der Waals surface area contributed by atoms with Crippen LogP contribution in [0.4, 0.5) is 22.4 Å². The van der Waals surface area contributed by atoms with Crippen molar-refractivity contribution in [2.24, 2.45) is 0 Å². The van der Waals surface area contributed by atoms with E-state index in [0.29, 0.717) is 0 Å². The molecule has 1 aromatic carbocycles. The summed E-state index contributed by atoms with van der Waals surface area (Å²) in [5, 5.41) is 1.61. The van der Waals surface area contributed by atoms with Gasteiger partial charge in [-0.1, -0.05) is 30.7 Å². The maximum absolute atomic E-state index is 14.3. The van der Waals surface area contributed by atoms with Crippen LogP contribution in [0.1, 0.15) is 13.3 Å². The zero-order valence-corrected chi connectivity index (χ0v) is 16.1. The van der Waals surface area contributed by atoms with E-state index in [1.165, 1.54) is 37.3 Å². The first-order chi connectivity index (χ1) is 14.1. The van der Waals surface area contributed by atoms with Gasteiger partial charge in [-0.05, 0) is 30.7 Å². The van der Waals surface area contributed by atoms with Crippen LogP contribution in [0.3, 0.4) is 0 Å². The van der Waals surface area contributed by atoms with Gasteiger partial charge in [0.1, 0.15) is 22.7 Å². The molecule has 6 nitrogen and oxygen atoms in total. The number of halogens is 5. The highest BCUT2D eigenvalue weighted by atomic mass is 35.5. The first kappa shape index (κ1) is 21.6. The fourth-order valence-corrected chi connectivity index (χ4v) is 2.89. The molecule has 0 saturated carbocycles. The molecule has 0 spiro atoms. The van der Waals surface area contributed by atoms with Crippen molar-refractivity contribution in [1.29, 1.82) is 0 Å². The number of fused-ring (bicyclic) bond motifs is 1. The van der Waals surface area contributed by atoms with Crippen LogP contribution in [0.15, 0.2) is 47.4 Å². The minimum absolute atomic E-state index is 0.0212. The topological polar surface area (TPSA) is 73.2 Å². The molecular formula is C19H14ClF4N3O3. The molecule has 0 unspecified atom stereocenters. The Bertz CT molecular complexity index is 1160. The second-order valence-corrected chi connectivity index (χ2v) is 6.57. The van der Waals surface area contributed by atoms with Gasteiger partial charge in [-0.3, -0.25) is 9.36 Å². The number of nitrogens with one attached hydrogen (secondary N) is 1. The summed E-state index contributed by atoms with van der Waals surface area (Å²) in [7, 11) is 0. The Labute approximate surface area is 172 Å². The van der Waals surface area contributed by atoms with Gasteiger partial charge in [-0.15, -0.1) is 0 Å². The van der Waals surface area contributed by atoms with Gasteiger partial charge >= 0.3 is 12.3 Å².